The van der Waals surface area contributed by atoms with Crippen molar-refractivity contribution in [2.45, 2.75) is 59.5 Å². The summed E-state index contributed by atoms with van der Waals surface area (Å²) in [6, 6.07) is 6.39. The summed E-state index contributed by atoms with van der Waals surface area (Å²) >= 11 is 0. The lowest BCUT2D eigenvalue weighted by atomic mass is 10.0. The van der Waals surface area contributed by atoms with Crippen LogP contribution in [0.15, 0.2) is 29.8 Å². The molecule has 0 bridgehead atoms. The molecule has 1 aliphatic rings. The van der Waals surface area contributed by atoms with Crippen molar-refractivity contribution in [2.24, 2.45) is 5.92 Å². The molecule has 20 heavy (non-hydrogen) atoms. The van der Waals surface area contributed by atoms with Gasteiger partial charge in [0, 0.05) is 5.56 Å². The van der Waals surface area contributed by atoms with E-state index in [0.29, 0.717) is 6.61 Å². The van der Waals surface area contributed by atoms with Gasteiger partial charge in [0.25, 0.3) is 0 Å². The van der Waals surface area contributed by atoms with Gasteiger partial charge in [-0.3, -0.25) is 0 Å². The lowest BCUT2D eigenvalue weighted by molar-refractivity contribution is -0.194. The van der Waals surface area contributed by atoms with Crippen LogP contribution in [-0.4, -0.2) is 0 Å². The average Bonchev–Trinajstić information content (AvgIpc) is 2.85. The van der Waals surface area contributed by atoms with Gasteiger partial charge in [0.1, 0.15) is 6.61 Å². The number of aryl methyl sites for hydroxylation is 1. The third kappa shape index (κ3) is 4.68. The van der Waals surface area contributed by atoms with Crippen LogP contribution in [0.2, 0.25) is 0 Å². The van der Waals surface area contributed by atoms with Crippen LogP contribution in [0.4, 0.5) is 0 Å². The molecule has 0 amide bonds. The maximum absolute atomic E-state index is 5.13. The summed E-state index contributed by atoms with van der Waals surface area (Å²) in [4.78, 5) is 10.1. The lowest BCUT2D eigenvalue weighted by Gasteiger charge is -2.05. The Labute approximate surface area is 122 Å². The van der Waals surface area contributed by atoms with E-state index in [2.05, 4.69) is 45.0 Å². The first-order valence-corrected chi connectivity index (χ1v) is 7.72. The van der Waals surface area contributed by atoms with E-state index in [9.17, 15) is 0 Å². The van der Waals surface area contributed by atoms with Crippen molar-refractivity contribution < 1.29 is 9.78 Å². The molecule has 0 unspecified atom stereocenters. The van der Waals surface area contributed by atoms with Gasteiger partial charge in [-0.05, 0) is 50.2 Å². The first-order valence-electron chi connectivity index (χ1n) is 7.72. The van der Waals surface area contributed by atoms with Crippen LogP contribution in [0, 0.1) is 5.92 Å². The number of rotatable bonds is 7. The second kappa shape index (κ2) is 7.49. The summed E-state index contributed by atoms with van der Waals surface area (Å²) < 4.78 is 0. The molecule has 2 rings (SSSR count). The molecule has 0 fully saturated rings. The quantitative estimate of drug-likeness (QED) is 0.501. The predicted octanol–water partition coefficient (Wildman–Crippen LogP) is 5.22. The molecular weight excluding hydrogens is 248 g/mol. The fourth-order valence-electron chi connectivity index (χ4n) is 2.48. The van der Waals surface area contributed by atoms with Crippen molar-refractivity contribution in [2.75, 3.05) is 0 Å². The Morgan fingerprint density at radius 2 is 2.20 bits per heavy atom. The van der Waals surface area contributed by atoms with Crippen molar-refractivity contribution in [1.82, 2.24) is 0 Å². The van der Waals surface area contributed by atoms with Crippen LogP contribution in [0.3, 0.4) is 0 Å². The second-order valence-electron chi connectivity index (χ2n) is 6.16. The van der Waals surface area contributed by atoms with E-state index in [1.165, 1.54) is 30.4 Å². The maximum atomic E-state index is 5.13. The number of hydrogen-bond donors (Lipinski definition) is 0. The number of hydrogen-bond acceptors (Lipinski definition) is 2. The summed E-state index contributed by atoms with van der Waals surface area (Å²) in [5.41, 5.74) is 3.99. The highest BCUT2D eigenvalue weighted by Crippen LogP contribution is 2.27. The minimum atomic E-state index is 0.574. The lowest BCUT2D eigenvalue weighted by Crippen LogP contribution is -1.89. The van der Waals surface area contributed by atoms with Crippen molar-refractivity contribution in [1.29, 1.82) is 0 Å². The average molecular weight is 274 g/mol. The van der Waals surface area contributed by atoms with E-state index in [0.717, 1.165) is 30.1 Å². The molecule has 0 atom stereocenters. The monoisotopic (exact) mass is 274 g/mol. The fraction of sp³-hybridized carbons (Fsp3) is 0.556. The van der Waals surface area contributed by atoms with Crippen LogP contribution < -0.4 is 4.89 Å². The minimum Gasteiger partial charge on any atom is -0.337 e. The molecule has 1 aliphatic heterocycles. The summed E-state index contributed by atoms with van der Waals surface area (Å²) in [6.45, 7) is 7.40. The Morgan fingerprint density at radius 1 is 1.35 bits per heavy atom. The molecule has 0 radical (unpaired) electrons. The van der Waals surface area contributed by atoms with E-state index in [1.807, 2.05) is 0 Å². The molecule has 1 aromatic carbocycles. The predicted molar refractivity (Wildman–Crippen MR) is 82.6 cm³/mol. The van der Waals surface area contributed by atoms with Gasteiger partial charge in [-0.25, -0.2) is 0 Å². The highest BCUT2D eigenvalue weighted by molar-refractivity contribution is 5.38. The SMILES string of the molecule is C/C(=C\CCc1ccc2c(c1)OOC2)CCCC(C)C. The first kappa shape index (κ1) is 15.1. The van der Waals surface area contributed by atoms with Gasteiger partial charge >= 0.3 is 0 Å². The highest BCUT2D eigenvalue weighted by Gasteiger charge is 2.13. The van der Waals surface area contributed by atoms with Crippen molar-refractivity contribution in [3.05, 3.63) is 41.0 Å². The van der Waals surface area contributed by atoms with E-state index in [4.69, 9.17) is 9.78 Å². The summed E-state index contributed by atoms with van der Waals surface area (Å²) in [6.07, 6.45) is 8.42. The minimum absolute atomic E-state index is 0.574. The largest absolute Gasteiger partial charge is 0.337 e. The van der Waals surface area contributed by atoms with E-state index < -0.39 is 0 Å². The molecule has 0 saturated carbocycles. The second-order valence-corrected chi connectivity index (χ2v) is 6.16. The number of allylic oxidation sites excluding steroid dienone is 2. The number of benzene rings is 1. The Bertz CT molecular complexity index is 460. The molecule has 0 N–H and O–H groups in total. The molecule has 0 aliphatic carbocycles. The van der Waals surface area contributed by atoms with Crippen molar-refractivity contribution >= 4 is 0 Å². The molecule has 110 valence electrons. The smallest absolute Gasteiger partial charge is 0.171 e. The molecule has 0 spiro atoms. The molecule has 1 heterocycles. The van der Waals surface area contributed by atoms with Crippen LogP contribution in [0.25, 0.3) is 0 Å². The van der Waals surface area contributed by atoms with Crippen LogP contribution in [0.5, 0.6) is 5.75 Å². The molecule has 0 aromatic heterocycles. The topological polar surface area (TPSA) is 18.5 Å². The Balaban J connectivity index is 1.74. The van der Waals surface area contributed by atoms with Gasteiger partial charge < -0.3 is 4.89 Å². The van der Waals surface area contributed by atoms with Crippen LogP contribution in [0.1, 0.15) is 57.6 Å². The van der Waals surface area contributed by atoms with E-state index in [1.54, 1.807) is 0 Å². The third-order valence-corrected chi connectivity index (χ3v) is 3.77. The number of fused-ring (bicyclic) bond motifs is 1. The van der Waals surface area contributed by atoms with Crippen LogP contribution in [-0.2, 0) is 17.9 Å². The molecule has 1 aromatic rings. The van der Waals surface area contributed by atoms with Gasteiger partial charge in [-0.15, -0.1) is 0 Å². The highest BCUT2D eigenvalue weighted by atomic mass is 17.2. The summed E-state index contributed by atoms with van der Waals surface area (Å²) in [5.74, 6) is 1.71. The fourth-order valence-corrected chi connectivity index (χ4v) is 2.48. The van der Waals surface area contributed by atoms with Crippen molar-refractivity contribution in [3.63, 3.8) is 0 Å². The molecule has 2 nitrogen and oxygen atoms in total. The molecular formula is C18H26O2. The standard InChI is InChI=1S/C18H26O2/c1-14(2)6-4-7-15(3)8-5-9-16-10-11-17-13-19-20-18(17)12-16/h8,10-12,14H,4-7,9,13H2,1-3H3/b15-8+. The Morgan fingerprint density at radius 3 is 3.00 bits per heavy atom. The summed E-state index contributed by atoms with van der Waals surface area (Å²) in [7, 11) is 0. The van der Waals surface area contributed by atoms with Crippen LogP contribution >= 0.6 is 0 Å². The van der Waals surface area contributed by atoms with Gasteiger partial charge in [-0.2, -0.15) is 4.89 Å². The van der Waals surface area contributed by atoms with Crippen molar-refractivity contribution in [3.8, 4) is 5.75 Å². The maximum Gasteiger partial charge on any atom is 0.171 e. The van der Waals surface area contributed by atoms with Gasteiger partial charge in [0.2, 0.25) is 0 Å². The third-order valence-electron chi connectivity index (χ3n) is 3.77. The molecule has 0 saturated heterocycles. The zero-order chi connectivity index (χ0) is 14.4. The Hall–Kier alpha value is -1.28. The van der Waals surface area contributed by atoms with E-state index in [-0.39, 0.29) is 0 Å². The first-order chi connectivity index (χ1) is 9.65. The van der Waals surface area contributed by atoms with Gasteiger partial charge in [-0.1, -0.05) is 44.1 Å². The Kier molecular flexibility index (Phi) is 5.66. The van der Waals surface area contributed by atoms with E-state index >= 15 is 0 Å². The van der Waals surface area contributed by atoms with Gasteiger partial charge in [0.15, 0.2) is 5.75 Å². The zero-order valence-corrected chi connectivity index (χ0v) is 12.9. The zero-order valence-electron chi connectivity index (χ0n) is 12.9. The molecule has 2 heteroatoms. The van der Waals surface area contributed by atoms with Gasteiger partial charge in [0.05, 0.1) is 0 Å². The summed E-state index contributed by atoms with van der Waals surface area (Å²) in [5, 5.41) is 0. The normalized spacial score (nSPS) is 14.5.